The van der Waals surface area contributed by atoms with Crippen LogP contribution in [0, 0.1) is 0 Å². The first-order valence-corrected chi connectivity index (χ1v) is 7.31. The first-order valence-electron chi connectivity index (χ1n) is 7.31. The number of methoxy groups -OCH3 is 1. The molecular weight excluding hydrogens is 286 g/mol. The zero-order valence-electron chi connectivity index (χ0n) is 12.8. The monoisotopic (exact) mass is 303 g/mol. The highest BCUT2D eigenvalue weighted by Crippen LogP contribution is 2.32. The Kier molecular flexibility index (Phi) is 4.64. The number of para-hydroxylation sites is 2. The summed E-state index contributed by atoms with van der Waals surface area (Å²) in [6.45, 7) is 0. The van der Waals surface area contributed by atoms with Crippen molar-refractivity contribution in [2.75, 3.05) is 12.0 Å². The number of ether oxygens (including phenoxy) is 1. The molecular formula is C19H17N3O. The molecule has 0 aliphatic carbocycles. The molecule has 4 nitrogen and oxygen atoms in total. The molecule has 0 amide bonds. The lowest BCUT2D eigenvalue weighted by Gasteiger charge is -2.20. The number of benzene rings is 2. The zero-order chi connectivity index (χ0) is 15.9. The Morgan fingerprint density at radius 1 is 0.870 bits per heavy atom. The molecule has 0 atom stereocenters. The second kappa shape index (κ2) is 7.22. The fourth-order valence-electron chi connectivity index (χ4n) is 2.22. The van der Waals surface area contributed by atoms with E-state index in [0.29, 0.717) is 5.95 Å². The summed E-state index contributed by atoms with van der Waals surface area (Å²) in [5.74, 6) is 1.35. The maximum Gasteiger partial charge on any atom is 0.234 e. The SMILES string of the molecule is COc1ccccc1N(/C=C/c1ccccc1)c1ncccn1. The standard InChI is InChI=1S/C19H17N3O/c1-23-18-11-6-5-10-17(18)22(19-20-13-7-14-21-19)15-12-16-8-3-2-4-9-16/h2-15H,1H3/b15-12+. The highest BCUT2D eigenvalue weighted by atomic mass is 16.5. The highest BCUT2D eigenvalue weighted by Gasteiger charge is 2.13. The van der Waals surface area contributed by atoms with Crippen LogP contribution in [0.4, 0.5) is 11.6 Å². The molecule has 1 heterocycles. The molecule has 0 radical (unpaired) electrons. The predicted octanol–water partition coefficient (Wildman–Crippen LogP) is 4.29. The van der Waals surface area contributed by atoms with Crippen molar-refractivity contribution in [3.8, 4) is 5.75 Å². The van der Waals surface area contributed by atoms with E-state index >= 15 is 0 Å². The van der Waals surface area contributed by atoms with Crippen LogP contribution in [0.1, 0.15) is 5.56 Å². The van der Waals surface area contributed by atoms with E-state index < -0.39 is 0 Å². The van der Waals surface area contributed by atoms with E-state index in [1.54, 1.807) is 25.6 Å². The van der Waals surface area contributed by atoms with Gasteiger partial charge in [-0.15, -0.1) is 0 Å². The van der Waals surface area contributed by atoms with Crippen LogP contribution >= 0.6 is 0 Å². The second-order valence-corrected chi connectivity index (χ2v) is 4.82. The summed E-state index contributed by atoms with van der Waals surface area (Å²) in [5, 5.41) is 0. The number of hydrogen-bond donors (Lipinski definition) is 0. The van der Waals surface area contributed by atoms with Gasteiger partial charge in [-0.3, -0.25) is 4.90 Å². The molecule has 0 aliphatic rings. The number of hydrogen-bond acceptors (Lipinski definition) is 4. The molecule has 0 fully saturated rings. The van der Waals surface area contributed by atoms with E-state index in [1.807, 2.05) is 71.8 Å². The largest absolute Gasteiger partial charge is 0.495 e. The lowest BCUT2D eigenvalue weighted by Crippen LogP contribution is -2.12. The van der Waals surface area contributed by atoms with Gasteiger partial charge in [0.05, 0.1) is 12.8 Å². The Balaban J connectivity index is 2.03. The number of rotatable bonds is 5. The van der Waals surface area contributed by atoms with Crippen LogP contribution in [-0.4, -0.2) is 17.1 Å². The molecule has 4 heteroatoms. The van der Waals surface area contributed by atoms with E-state index in [9.17, 15) is 0 Å². The van der Waals surface area contributed by atoms with Crippen LogP contribution in [0.25, 0.3) is 6.08 Å². The Labute approximate surface area is 135 Å². The summed E-state index contributed by atoms with van der Waals surface area (Å²) in [5.41, 5.74) is 1.98. The van der Waals surface area contributed by atoms with Crippen molar-refractivity contribution in [1.82, 2.24) is 9.97 Å². The van der Waals surface area contributed by atoms with Gasteiger partial charge in [0, 0.05) is 18.6 Å². The van der Waals surface area contributed by atoms with Crippen molar-refractivity contribution in [1.29, 1.82) is 0 Å². The van der Waals surface area contributed by atoms with Crippen molar-refractivity contribution < 1.29 is 4.74 Å². The molecule has 3 aromatic rings. The average Bonchev–Trinajstić information content (AvgIpc) is 2.64. The first-order chi connectivity index (χ1) is 11.4. The molecule has 0 aliphatic heterocycles. The third-order valence-electron chi connectivity index (χ3n) is 3.33. The van der Waals surface area contributed by atoms with Crippen molar-refractivity contribution in [2.45, 2.75) is 0 Å². The zero-order valence-corrected chi connectivity index (χ0v) is 12.8. The van der Waals surface area contributed by atoms with E-state index in [2.05, 4.69) is 9.97 Å². The van der Waals surface area contributed by atoms with Crippen LogP contribution in [0.15, 0.2) is 79.3 Å². The molecule has 2 aromatic carbocycles. The van der Waals surface area contributed by atoms with Crippen molar-refractivity contribution in [3.63, 3.8) is 0 Å². The van der Waals surface area contributed by atoms with Gasteiger partial charge in [-0.1, -0.05) is 42.5 Å². The Hall–Kier alpha value is -3.14. The summed E-state index contributed by atoms with van der Waals surface area (Å²) in [6, 6.07) is 19.7. The van der Waals surface area contributed by atoms with Gasteiger partial charge in [-0.05, 0) is 29.8 Å². The van der Waals surface area contributed by atoms with Gasteiger partial charge in [0.25, 0.3) is 0 Å². The predicted molar refractivity (Wildman–Crippen MR) is 92.6 cm³/mol. The normalized spacial score (nSPS) is 10.7. The van der Waals surface area contributed by atoms with E-state index in [1.165, 1.54) is 0 Å². The van der Waals surface area contributed by atoms with Gasteiger partial charge in [-0.2, -0.15) is 0 Å². The lowest BCUT2D eigenvalue weighted by atomic mass is 10.2. The summed E-state index contributed by atoms with van der Waals surface area (Å²) < 4.78 is 5.47. The van der Waals surface area contributed by atoms with Crippen molar-refractivity contribution in [2.24, 2.45) is 0 Å². The topological polar surface area (TPSA) is 38.2 Å². The maximum atomic E-state index is 5.47. The molecule has 0 saturated carbocycles. The van der Waals surface area contributed by atoms with Gasteiger partial charge < -0.3 is 4.74 Å². The molecule has 0 N–H and O–H groups in total. The maximum absolute atomic E-state index is 5.47. The van der Waals surface area contributed by atoms with Crippen molar-refractivity contribution >= 4 is 17.7 Å². The Bertz CT molecular complexity index is 773. The van der Waals surface area contributed by atoms with Crippen LogP contribution < -0.4 is 9.64 Å². The molecule has 1 aromatic heterocycles. The van der Waals surface area contributed by atoms with Gasteiger partial charge in [0.2, 0.25) is 5.95 Å². The summed E-state index contributed by atoms with van der Waals surface area (Å²) in [4.78, 5) is 10.6. The first kappa shape index (κ1) is 14.8. The van der Waals surface area contributed by atoms with Crippen LogP contribution in [0.5, 0.6) is 5.75 Å². The molecule has 0 saturated heterocycles. The molecule has 0 unspecified atom stereocenters. The summed E-state index contributed by atoms with van der Waals surface area (Å²) in [6.07, 6.45) is 7.41. The minimum absolute atomic E-state index is 0.587. The average molecular weight is 303 g/mol. The molecule has 3 rings (SSSR count). The Morgan fingerprint density at radius 3 is 2.30 bits per heavy atom. The molecule has 0 spiro atoms. The fourth-order valence-corrected chi connectivity index (χ4v) is 2.22. The van der Waals surface area contributed by atoms with Crippen molar-refractivity contribution in [3.05, 3.63) is 84.8 Å². The number of aromatic nitrogens is 2. The molecule has 23 heavy (non-hydrogen) atoms. The summed E-state index contributed by atoms with van der Waals surface area (Å²) in [7, 11) is 1.66. The third kappa shape index (κ3) is 3.55. The van der Waals surface area contributed by atoms with E-state index in [0.717, 1.165) is 17.0 Å². The van der Waals surface area contributed by atoms with Gasteiger partial charge in [0.1, 0.15) is 5.75 Å². The van der Waals surface area contributed by atoms with Gasteiger partial charge in [-0.25, -0.2) is 9.97 Å². The smallest absolute Gasteiger partial charge is 0.234 e. The number of nitrogens with zero attached hydrogens (tertiary/aromatic N) is 3. The van der Waals surface area contributed by atoms with Crippen LogP contribution in [0.2, 0.25) is 0 Å². The molecule has 0 bridgehead atoms. The van der Waals surface area contributed by atoms with E-state index in [-0.39, 0.29) is 0 Å². The van der Waals surface area contributed by atoms with Gasteiger partial charge in [0.15, 0.2) is 0 Å². The Morgan fingerprint density at radius 2 is 1.57 bits per heavy atom. The van der Waals surface area contributed by atoms with Crippen LogP contribution in [0.3, 0.4) is 0 Å². The van der Waals surface area contributed by atoms with Gasteiger partial charge >= 0.3 is 0 Å². The fraction of sp³-hybridized carbons (Fsp3) is 0.0526. The molecule has 114 valence electrons. The van der Waals surface area contributed by atoms with Crippen LogP contribution in [-0.2, 0) is 0 Å². The number of anilines is 2. The second-order valence-electron chi connectivity index (χ2n) is 4.82. The third-order valence-corrected chi connectivity index (χ3v) is 3.33. The minimum atomic E-state index is 0.587. The quantitative estimate of drug-likeness (QED) is 0.704. The minimum Gasteiger partial charge on any atom is -0.495 e. The summed E-state index contributed by atoms with van der Waals surface area (Å²) >= 11 is 0. The lowest BCUT2D eigenvalue weighted by molar-refractivity contribution is 0.416. The van der Waals surface area contributed by atoms with E-state index in [4.69, 9.17) is 4.74 Å². The highest BCUT2D eigenvalue weighted by molar-refractivity contribution is 5.70.